The minimum atomic E-state index is 0.869. The van der Waals surface area contributed by atoms with Gasteiger partial charge in [0.25, 0.3) is 0 Å². The summed E-state index contributed by atoms with van der Waals surface area (Å²) in [4.78, 5) is 0. The van der Waals surface area contributed by atoms with Crippen LogP contribution in [0.1, 0.15) is 57.8 Å². The number of hydrogen-bond donors (Lipinski definition) is 0. The Bertz CT molecular complexity index is 545. The van der Waals surface area contributed by atoms with Gasteiger partial charge >= 0.3 is 0 Å². The predicted octanol–water partition coefficient (Wildman–Crippen LogP) is 6.30. The van der Waals surface area contributed by atoms with E-state index in [0.717, 1.165) is 5.66 Å². The molecule has 0 saturated heterocycles. The molecule has 1 fully saturated rings. The van der Waals surface area contributed by atoms with Gasteiger partial charge in [0.05, 0.1) is 0 Å². The molecule has 0 unspecified atom stereocenters. The molecular weight excluding hydrogens is 271 g/mol. The fourth-order valence-corrected chi connectivity index (χ4v) is 4.97. The minimum Gasteiger partial charge on any atom is -0.0616 e. The van der Waals surface area contributed by atoms with E-state index in [1.165, 1.54) is 73.9 Å². The molecule has 0 bridgehead atoms. The van der Waals surface area contributed by atoms with E-state index < -0.39 is 0 Å². The lowest BCUT2D eigenvalue weighted by Crippen LogP contribution is -2.08. The molecule has 1 aliphatic carbocycles. The Morgan fingerprint density at radius 1 is 0.667 bits per heavy atom. The zero-order valence-corrected chi connectivity index (χ0v) is 13.8. The van der Waals surface area contributed by atoms with E-state index in [1.807, 2.05) is 0 Å². The van der Waals surface area contributed by atoms with Gasteiger partial charge in [-0.25, -0.2) is 0 Å². The van der Waals surface area contributed by atoms with Crippen LogP contribution in [0.3, 0.4) is 0 Å². The standard InChI is InChI=1S/C20H26P/c1-2-4-6-13-18(14-7-5-3-1)21-20-16-10-12-17-11-8-9-15-19(17)20/h8-12,15-16,18H,1-7,13-14H2. The van der Waals surface area contributed by atoms with Crippen molar-refractivity contribution in [2.24, 2.45) is 0 Å². The van der Waals surface area contributed by atoms with Crippen molar-refractivity contribution in [1.82, 2.24) is 0 Å². The van der Waals surface area contributed by atoms with Crippen molar-refractivity contribution in [2.75, 3.05) is 0 Å². The second-order valence-corrected chi connectivity index (χ2v) is 7.80. The van der Waals surface area contributed by atoms with Gasteiger partial charge in [0.15, 0.2) is 0 Å². The van der Waals surface area contributed by atoms with Crippen molar-refractivity contribution in [1.29, 1.82) is 0 Å². The lowest BCUT2D eigenvalue weighted by atomic mass is 10.0. The van der Waals surface area contributed by atoms with Gasteiger partial charge in [0.2, 0.25) is 0 Å². The summed E-state index contributed by atoms with van der Waals surface area (Å²) in [6.07, 6.45) is 13.0. The number of rotatable bonds is 2. The molecule has 111 valence electrons. The maximum absolute atomic E-state index is 2.34. The van der Waals surface area contributed by atoms with Gasteiger partial charge in [-0.15, -0.1) is 0 Å². The normalized spacial score (nSPS) is 19.2. The van der Waals surface area contributed by atoms with Gasteiger partial charge < -0.3 is 0 Å². The molecule has 21 heavy (non-hydrogen) atoms. The zero-order valence-electron chi connectivity index (χ0n) is 12.9. The topological polar surface area (TPSA) is 0 Å². The largest absolute Gasteiger partial charge is 0.0616 e. The van der Waals surface area contributed by atoms with E-state index in [1.54, 1.807) is 8.58 Å². The van der Waals surface area contributed by atoms with E-state index >= 15 is 0 Å². The first kappa shape index (κ1) is 15.0. The van der Waals surface area contributed by atoms with E-state index in [9.17, 15) is 0 Å². The molecule has 0 spiro atoms. The molecule has 0 amide bonds. The third kappa shape index (κ3) is 4.30. The lowest BCUT2D eigenvalue weighted by Gasteiger charge is -2.19. The van der Waals surface area contributed by atoms with Crippen LogP contribution in [0.15, 0.2) is 42.5 Å². The first-order valence-electron chi connectivity index (χ1n) is 8.62. The summed E-state index contributed by atoms with van der Waals surface area (Å²) in [5.74, 6) is 0. The molecular formula is C20H26P. The monoisotopic (exact) mass is 297 g/mol. The molecule has 3 rings (SSSR count). The molecule has 0 N–H and O–H groups in total. The maximum Gasteiger partial charge on any atom is -0.0103 e. The van der Waals surface area contributed by atoms with Crippen LogP contribution in [-0.4, -0.2) is 5.66 Å². The molecule has 0 aromatic heterocycles. The Morgan fingerprint density at radius 3 is 2.05 bits per heavy atom. The summed E-state index contributed by atoms with van der Waals surface area (Å²) in [6.45, 7) is 0. The van der Waals surface area contributed by atoms with Crippen molar-refractivity contribution in [3.05, 3.63) is 42.5 Å². The van der Waals surface area contributed by atoms with Crippen LogP contribution in [-0.2, 0) is 0 Å². The van der Waals surface area contributed by atoms with Gasteiger partial charge in [-0.2, -0.15) is 0 Å². The Balaban J connectivity index is 1.73. The van der Waals surface area contributed by atoms with Crippen molar-refractivity contribution >= 4 is 24.7 Å². The Morgan fingerprint density at radius 2 is 1.29 bits per heavy atom. The summed E-state index contributed by atoms with van der Waals surface area (Å²) >= 11 is 0. The van der Waals surface area contributed by atoms with Crippen LogP contribution >= 0.6 is 8.58 Å². The average Bonchev–Trinajstić information content (AvgIpc) is 2.54. The second kappa shape index (κ2) is 7.95. The van der Waals surface area contributed by atoms with Crippen LogP contribution in [0.5, 0.6) is 0 Å². The fraction of sp³-hybridized carbons (Fsp3) is 0.500. The lowest BCUT2D eigenvalue weighted by molar-refractivity contribution is 0.510. The molecule has 0 aliphatic heterocycles. The van der Waals surface area contributed by atoms with Gasteiger partial charge in [-0.05, 0) is 43.2 Å². The number of fused-ring (bicyclic) bond motifs is 1. The van der Waals surface area contributed by atoms with Crippen LogP contribution in [0.4, 0.5) is 0 Å². The van der Waals surface area contributed by atoms with Crippen LogP contribution in [0.2, 0.25) is 0 Å². The molecule has 1 aliphatic rings. The molecule has 1 saturated carbocycles. The SMILES string of the molecule is c1ccc2c([P]C3CCCCCCCCC3)cccc2c1. The summed E-state index contributed by atoms with van der Waals surface area (Å²) in [5, 5.41) is 4.39. The second-order valence-electron chi connectivity index (χ2n) is 6.33. The third-order valence-corrected chi connectivity index (χ3v) is 6.21. The highest BCUT2D eigenvalue weighted by Gasteiger charge is 2.13. The van der Waals surface area contributed by atoms with E-state index in [2.05, 4.69) is 42.5 Å². The minimum absolute atomic E-state index is 0.869. The fourth-order valence-electron chi connectivity index (χ4n) is 3.43. The van der Waals surface area contributed by atoms with Crippen LogP contribution < -0.4 is 5.30 Å². The zero-order chi connectivity index (χ0) is 14.3. The molecule has 2 aromatic carbocycles. The Hall–Kier alpha value is -0.870. The molecule has 1 radical (unpaired) electrons. The smallest absolute Gasteiger partial charge is 0.0103 e. The van der Waals surface area contributed by atoms with Crippen molar-refractivity contribution in [2.45, 2.75) is 63.4 Å². The quantitative estimate of drug-likeness (QED) is 0.570. The van der Waals surface area contributed by atoms with Crippen molar-refractivity contribution in [3.8, 4) is 0 Å². The number of benzene rings is 2. The highest BCUT2D eigenvalue weighted by molar-refractivity contribution is 7.48. The average molecular weight is 297 g/mol. The predicted molar refractivity (Wildman–Crippen MR) is 95.8 cm³/mol. The van der Waals surface area contributed by atoms with Crippen molar-refractivity contribution in [3.63, 3.8) is 0 Å². The van der Waals surface area contributed by atoms with Crippen LogP contribution in [0.25, 0.3) is 10.8 Å². The molecule has 2 aromatic rings. The van der Waals surface area contributed by atoms with Gasteiger partial charge in [0, 0.05) is 0 Å². The van der Waals surface area contributed by atoms with E-state index in [-0.39, 0.29) is 0 Å². The van der Waals surface area contributed by atoms with Gasteiger partial charge in [-0.1, -0.05) is 87.4 Å². The molecule has 0 nitrogen and oxygen atoms in total. The van der Waals surface area contributed by atoms with Crippen LogP contribution in [0, 0.1) is 0 Å². The van der Waals surface area contributed by atoms with Crippen molar-refractivity contribution < 1.29 is 0 Å². The van der Waals surface area contributed by atoms with Gasteiger partial charge in [-0.3, -0.25) is 0 Å². The Kier molecular flexibility index (Phi) is 5.69. The maximum atomic E-state index is 2.34. The summed E-state index contributed by atoms with van der Waals surface area (Å²) in [7, 11) is 1.56. The molecule has 1 heteroatoms. The van der Waals surface area contributed by atoms with E-state index in [0.29, 0.717) is 0 Å². The van der Waals surface area contributed by atoms with Gasteiger partial charge in [0.1, 0.15) is 0 Å². The van der Waals surface area contributed by atoms with E-state index in [4.69, 9.17) is 0 Å². The number of hydrogen-bond acceptors (Lipinski definition) is 0. The highest BCUT2D eigenvalue weighted by atomic mass is 31.1. The summed E-state index contributed by atoms with van der Waals surface area (Å²) in [5.41, 5.74) is 0.869. The molecule has 0 atom stereocenters. The summed E-state index contributed by atoms with van der Waals surface area (Å²) < 4.78 is 0. The Labute approximate surface area is 131 Å². The first-order valence-corrected chi connectivity index (χ1v) is 9.58. The first-order chi connectivity index (χ1) is 10.4. The highest BCUT2D eigenvalue weighted by Crippen LogP contribution is 2.32. The summed E-state index contributed by atoms with van der Waals surface area (Å²) in [6, 6.07) is 15.6. The third-order valence-electron chi connectivity index (χ3n) is 4.66. The molecule has 0 heterocycles.